The van der Waals surface area contributed by atoms with Crippen LogP contribution in [-0.2, 0) is 7.05 Å². The van der Waals surface area contributed by atoms with Crippen molar-refractivity contribution in [2.24, 2.45) is 7.05 Å². The molecule has 14 heavy (non-hydrogen) atoms. The van der Waals surface area contributed by atoms with E-state index in [4.69, 9.17) is 9.84 Å². The fraction of sp³-hybridized carbons (Fsp3) is 0.250. The minimum atomic E-state index is -1.10. The molecule has 1 aromatic heterocycles. The Hall–Kier alpha value is -1.30. The number of aryl methyl sites for hydroxylation is 1. The van der Waals surface area contributed by atoms with Crippen molar-refractivity contribution in [3.05, 3.63) is 22.8 Å². The van der Waals surface area contributed by atoms with Gasteiger partial charge in [-0.25, -0.2) is 9.48 Å². The van der Waals surface area contributed by atoms with Crippen molar-refractivity contribution in [3.63, 3.8) is 0 Å². The predicted molar refractivity (Wildman–Crippen MR) is 53.6 cm³/mol. The van der Waals surface area contributed by atoms with Gasteiger partial charge in [0.1, 0.15) is 11.1 Å². The summed E-state index contributed by atoms with van der Waals surface area (Å²) < 4.78 is 6.92. The lowest BCUT2D eigenvalue weighted by Gasteiger charge is -2.02. The predicted octanol–water partition coefficient (Wildman–Crippen LogP) is 1.45. The molecule has 1 N–H and O–H groups in total. The molecule has 0 unspecified atom stereocenters. The maximum absolute atomic E-state index is 10.7. The molecule has 0 radical (unpaired) electrons. The second kappa shape index (κ2) is 4.28. The van der Waals surface area contributed by atoms with Crippen LogP contribution >= 0.6 is 15.9 Å². The Bertz CT molecular complexity index is 373. The Labute approximate surface area is 89.1 Å². The topological polar surface area (TPSA) is 64.3 Å². The van der Waals surface area contributed by atoms with E-state index in [1.807, 2.05) is 0 Å². The smallest absolute Gasteiger partial charge is 0.357 e. The van der Waals surface area contributed by atoms with Crippen LogP contribution in [0.25, 0.3) is 0 Å². The lowest BCUT2D eigenvalue weighted by Crippen LogP contribution is -2.01. The first-order valence-electron chi connectivity index (χ1n) is 3.77. The third-order valence-electron chi connectivity index (χ3n) is 1.48. The summed E-state index contributed by atoms with van der Waals surface area (Å²) in [6, 6.07) is 0. The van der Waals surface area contributed by atoms with Crippen LogP contribution in [0.15, 0.2) is 17.1 Å². The van der Waals surface area contributed by atoms with Crippen molar-refractivity contribution < 1.29 is 14.6 Å². The third-order valence-corrected chi connectivity index (χ3v) is 2.19. The van der Waals surface area contributed by atoms with E-state index < -0.39 is 5.97 Å². The molecule has 0 fully saturated rings. The average molecular weight is 261 g/mol. The molecule has 0 aliphatic rings. The van der Waals surface area contributed by atoms with Gasteiger partial charge in [-0.3, -0.25) is 0 Å². The van der Waals surface area contributed by atoms with Crippen molar-refractivity contribution in [2.45, 2.75) is 0 Å². The minimum Gasteiger partial charge on any atom is -0.476 e. The number of nitrogens with zero attached hydrogens (tertiary/aromatic N) is 2. The fourth-order valence-electron chi connectivity index (χ4n) is 0.914. The van der Waals surface area contributed by atoms with Crippen LogP contribution in [-0.4, -0.2) is 27.5 Å². The first-order valence-corrected chi connectivity index (χ1v) is 4.56. The molecule has 0 aliphatic heterocycles. The normalized spacial score (nSPS) is 9.86. The molecule has 0 spiro atoms. The fourth-order valence-corrected chi connectivity index (χ4v) is 1.53. The van der Waals surface area contributed by atoms with Gasteiger partial charge in [0.2, 0.25) is 5.88 Å². The van der Waals surface area contributed by atoms with Gasteiger partial charge in [-0.05, 0) is 15.9 Å². The van der Waals surface area contributed by atoms with Crippen LogP contribution in [0.2, 0.25) is 0 Å². The van der Waals surface area contributed by atoms with Crippen molar-refractivity contribution >= 4 is 21.9 Å². The van der Waals surface area contributed by atoms with Crippen LogP contribution in [0.3, 0.4) is 0 Å². The van der Waals surface area contributed by atoms with Crippen molar-refractivity contribution in [1.82, 2.24) is 9.78 Å². The largest absolute Gasteiger partial charge is 0.476 e. The van der Waals surface area contributed by atoms with Crippen LogP contribution < -0.4 is 4.74 Å². The average Bonchev–Trinajstić information content (AvgIpc) is 2.40. The van der Waals surface area contributed by atoms with E-state index in [2.05, 4.69) is 27.6 Å². The Balaban J connectivity index is 3.04. The zero-order valence-corrected chi connectivity index (χ0v) is 9.11. The molecule has 76 valence electrons. The van der Waals surface area contributed by atoms with Crippen molar-refractivity contribution in [1.29, 1.82) is 0 Å². The van der Waals surface area contributed by atoms with Gasteiger partial charge >= 0.3 is 5.97 Å². The van der Waals surface area contributed by atoms with Gasteiger partial charge in [-0.15, -0.1) is 0 Å². The number of halogens is 1. The highest BCUT2D eigenvalue weighted by Gasteiger charge is 2.19. The summed E-state index contributed by atoms with van der Waals surface area (Å²) in [5.74, 6) is -0.719. The van der Waals surface area contributed by atoms with E-state index in [9.17, 15) is 4.79 Å². The molecule has 0 saturated carbocycles. The maximum Gasteiger partial charge on any atom is 0.357 e. The number of carboxylic acids is 1. The monoisotopic (exact) mass is 260 g/mol. The summed E-state index contributed by atoms with van der Waals surface area (Å²) in [7, 11) is 1.61. The van der Waals surface area contributed by atoms with E-state index in [1.165, 1.54) is 4.68 Å². The molecule has 5 nitrogen and oxygen atoms in total. The number of carbonyl (C=O) groups is 1. The molecule has 0 bridgehead atoms. The van der Waals surface area contributed by atoms with E-state index in [0.29, 0.717) is 17.0 Å². The highest BCUT2D eigenvalue weighted by Crippen LogP contribution is 2.27. The summed E-state index contributed by atoms with van der Waals surface area (Å²) in [5, 5.41) is 12.5. The first kappa shape index (κ1) is 10.8. The van der Waals surface area contributed by atoms with Gasteiger partial charge in [-0.2, -0.15) is 5.10 Å². The van der Waals surface area contributed by atoms with Gasteiger partial charge in [0.25, 0.3) is 0 Å². The second-order valence-electron chi connectivity index (χ2n) is 2.50. The van der Waals surface area contributed by atoms with Crippen molar-refractivity contribution in [3.8, 4) is 5.88 Å². The van der Waals surface area contributed by atoms with Crippen molar-refractivity contribution in [2.75, 3.05) is 6.61 Å². The molecule has 0 aliphatic carbocycles. The number of hydrogen-bond donors (Lipinski definition) is 1. The summed E-state index contributed by atoms with van der Waals surface area (Å²) in [4.78, 5) is 10.7. The SMILES string of the molecule is C=CCOc1c(Br)c(C(=O)O)nn1C. The quantitative estimate of drug-likeness (QED) is 0.833. The van der Waals surface area contributed by atoms with E-state index in [-0.39, 0.29) is 5.69 Å². The highest BCUT2D eigenvalue weighted by molar-refractivity contribution is 9.10. The number of hydrogen-bond acceptors (Lipinski definition) is 3. The number of carboxylic acid groups (broad SMARTS) is 1. The third kappa shape index (κ3) is 1.95. The van der Waals surface area contributed by atoms with Gasteiger partial charge in [0.05, 0.1) is 0 Å². The zero-order chi connectivity index (χ0) is 10.7. The molecule has 0 amide bonds. The van der Waals surface area contributed by atoms with Gasteiger partial charge in [-0.1, -0.05) is 12.7 Å². The van der Waals surface area contributed by atoms with E-state index >= 15 is 0 Å². The number of ether oxygens (including phenoxy) is 1. The summed E-state index contributed by atoms with van der Waals surface area (Å²) in [6.07, 6.45) is 1.57. The molecule has 0 aromatic carbocycles. The first-order chi connectivity index (χ1) is 6.57. The number of aromatic carboxylic acids is 1. The number of rotatable bonds is 4. The molecular weight excluding hydrogens is 252 g/mol. The molecule has 1 heterocycles. The van der Waals surface area contributed by atoms with Gasteiger partial charge in [0.15, 0.2) is 5.69 Å². The Kier molecular flexibility index (Phi) is 3.29. The maximum atomic E-state index is 10.7. The standard InChI is InChI=1S/C8H9BrN2O3/c1-3-4-14-7-5(9)6(8(12)13)10-11(7)2/h3H,1,4H2,2H3,(H,12,13). The minimum absolute atomic E-state index is 0.0634. The van der Waals surface area contributed by atoms with Gasteiger partial charge in [0, 0.05) is 7.05 Å². The van der Waals surface area contributed by atoms with E-state index in [0.717, 1.165) is 0 Å². The Morgan fingerprint density at radius 1 is 1.86 bits per heavy atom. The molecule has 1 rings (SSSR count). The van der Waals surface area contributed by atoms with Crippen LogP contribution in [0, 0.1) is 0 Å². The lowest BCUT2D eigenvalue weighted by atomic mass is 10.4. The Morgan fingerprint density at radius 2 is 2.50 bits per heavy atom. The lowest BCUT2D eigenvalue weighted by molar-refractivity contribution is 0.0688. The summed E-state index contributed by atoms with van der Waals surface area (Å²) in [5.41, 5.74) is -0.0634. The van der Waals surface area contributed by atoms with E-state index in [1.54, 1.807) is 13.1 Å². The summed E-state index contributed by atoms with van der Waals surface area (Å²) >= 11 is 3.11. The van der Waals surface area contributed by atoms with Crippen LogP contribution in [0.4, 0.5) is 0 Å². The zero-order valence-electron chi connectivity index (χ0n) is 7.53. The van der Waals surface area contributed by atoms with Gasteiger partial charge < -0.3 is 9.84 Å². The second-order valence-corrected chi connectivity index (χ2v) is 3.29. The molecule has 1 aromatic rings. The Morgan fingerprint density at radius 3 is 2.93 bits per heavy atom. The molecule has 0 atom stereocenters. The molecular formula is C8H9BrN2O3. The summed E-state index contributed by atoms with van der Waals surface area (Å²) in [6.45, 7) is 3.79. The highest BCUT2D eigenvalue weighted by atomic mass is 79.9. The van der Waals surface area contributed by atoms with Crippen LogP contribution in [0.1, 0.15) is 10.5 Å². The van der Waals surface area contributed by atoms with Crippen LogP contribution in [0.5, 0.6) is 5.88 Å². The molecule has 0 saturated heterocycles. The number of aromatic nitrogens is 2. The molecule has 6 heteroatoms.